The molecule has 6 heterocycles. The van der Waals surface area contributed by atoms with E-state index >= 15 is 0 Å². The van der Waals surface area contributed by atoms with E-state index < -0.39 is 23.7 Å². The van der Waals surface area contributed by atoms with Gasteiger partial charge in [0.2, 0.25) is 29.5 Å². The molecule has 0 radical (unpaired) electrons. The number of carbonyl (C=O) groups is 7. The first kappa shape index (κ1) is 57.5. The van der Waals surface area contributed by atoms with Gasteiger partial charge >= 0.3 is 5.97 Å². The number of rotatable bonds is 22. The topological polar surface area (TPSA) is 274 Å². The molecular weight excluding hydrogens is 1060 g/mol. The van der Waals surface area contributed by atoms with E-state index in [4.69, 9.17) is 27.4 Å². The number of carbonyl (C=O) groups excluding carboxylic acids is 7. The lowest BCUT2D eigenvalue weighted by molar-refractivity contribution is -0.141. The predicted molar refractivity (Wildman–Crippen MR) is 307 cm³/mol. The summed E-state index contributed by atoms with van der Waals surface area (Å²) >= 11 is 6.95. The molecule has 0 atom stereocenters. The Bertz CT molecular complexity index is 3270. The van der Waals surface area contributed by atoms with Crippen LogP contribution in [0.5, 0.6) is 0 Å². The summed E-state index contributed by atoms with van der Waals surface area (Å²) in [5.41, 5.74) is 11.7. The van der Waals surface area contributed by atoms with Crippen LogP contribution < -0.4 is 31.9 Å². The number of nitrogens with zero attached hydrogens (tertiary/aromatic N) is 9. The third-order valence-electron chi connectivity index (χ3n) is 15.7. The van der Waals surface area contributed by atoms with Crippen LogP contribution in [-0.4, -0.2) is 147 Å². The summed E-state index contributed by atoms with van der Waals surface area (Å²) in [5.74, 6) is -1.09. The summed E-state index contributed by atoms with van der Waals surface area (Å²) in [4.78, 5) is 104. The highest BCUT2D eigenvalue weighted by Gasteiger charge is 2.30. The molecule has 428 valence electrons. The van der Waals surface area contributed by atoms with Crippen molar-refractivity contribution in [2.45, 2.75) is 102 Å². The molecule has 3 aromatic heterocycles. The van der Waals surface area contributed by atoms with Gasteiger partial charge < -0.3 is 46.4 Å². The number of aryl methyl sites for hydroxylation is 1. The van der Waals surface area contributed by atoms with Gasteiger partial charge in [0.25, 0.3) is 5.91 Å². The molecule has 3 saturated heterocycles. The van der Waals surface area contributed by atoms with Crippen LogP contribution in [0, 0.1) is 0 Å². The number of benzene rings is 3. The van der Waals surface area contributed by atoms with Crippen molar-refractivity contribution in [3.8, 4) is 11.1 Å². The van der Waals surface area contributed by atoms with Crippen molar-refractivity contribution in [1.29, 1.82) is 0 Å². The largest absolute Gasteiger partial charge is 0.468 e. The van der Waals surface area contributed by atoms with Crippen LogP contribution in [0.25, 0.3) is 32.9 Å². The molecule has 0 saturated carbocycles. The quantitative estimate of drug-likeness (QED) is 0.0395. The molecule has 22 nitrogen and oxygen atoms in total. The number of anilines is 3. The fourth-order valence-electron chi connectivity index (χ4n) is 11.1. The van der Waals surface area contributed by atoms with Crippen molar-refractivity contribution in [3.05, 3.63) is 89.0 Å². The van der Waals surface area contributed by atoms with Crippen LogP contribution in [0.2, 0.25) is 5.02 Å². The number of methoxy groups -OCH3 is 1. The van der Waals surface area contributed by atoms with Gasteiger partial charge in [-0.3, -0.25) is 42.9 Å². The van der Waals surface area contributed by atoms with E-state index in [1.807, 2.05) is 54.4 Å². The number of likely N-dealkylation sites (tertiary alicyclic amines) is 2. The zero-order chi connectivity index (χ0) is 57.0. The number of halogens is 1. The first-order chi connectivity index (χ1) is 39.2. The Kier molecular flexibility index (Phi) is 19.1. The predicted octanol–water partition coefficient (Wildman–Crippen LogP) is 5.84. The molecule has 23 heteroatoms. The van der Waals surface area contributed by atoms with Crippen LogP contribution in [-0.2, 0) is 47.1 Å². The fraction of sp³-hybridized carbons (Fsp3) is 0.466. The van der Waals surface area contributed by atoms with Crippen molar-refractivity contribution < 1.29 is 38.3 Å². The molecule has 3 aromatic carbocycles. The van der Waals surface area contributed by atoms with E-state index in [-0.39, 0.29) is 61.8 Å². The average molecular weight is 1130 g/mol. The molecule has 3 fully saturated rings. The van der Waals surface area contributed by atoms with Crippen molar-refractivity contribution >= 4 is 92.1 Å². The number of amides is 6. The van der Waals surface area contributed by atoms with Gasteiger partial charge in [0.05, 0.1) is 42.8 Å². The summed E-state index contributed by atoms with van der Waals surface area (Å²) in [6, 6.07) is 17.7. The number of esters is 1. The first-order valence-electron chi connectivity index (χ1n) is 28.0. The summed E-state index contributed by atoms with van der Waals surface area (Å²) in [7, 11) is 3.08. The summed E-state index contributed by atoms with van der Waals surface area (Å²) in [6.07, 6.45) is 12.5. The lowest BCUT2D eigenvalue weighted by Gasteiger charge is -2.32. The normalized spacial score (nSPS) is 15.2. The standard InChI is InChI=1S/C58H71ClN14O8/c1-69-46-31-43(44(59)30-40(46)32-65-69)42-10-9-11-45-54(42)55(68-73(45)36-50(76)62-34-49(75)63-35-53(79)81-2)39-21-28-72(29-22-39)52(78)18-17-48(74)61-23-6-3-5-12-51(77)71-26-19-38(20-27-71)37-13-15-41(16-14-37)66-58-56(57(60)80)64-33-47(67-58)70-24-7-4-8-25-70/h9-11,13-16,30-33,38-39H,3-8,12,17-29,34-36H2,1-2H3,(H2,60,80)(H,61,74)(H,62,76)(H,63,75)(H,66,67). The molecule has 0 spiro atoms. The molecule has 3 aliphatic heterocycles. The highest BCUT2D eigenvalue weighted by molar-refractivity contribution is 6.34. The Morgan fingerprint density at radius 1 is 0.716 bits per heavy atom. The molecule has 3 aliphatic rings. The van der Waals surface area contributed by atoms with Crippen LogP contribution in [0.1, 0.15) is 117 Å². The van der Waals surface area contributed by atoms with Gasteiger partial charge in [0, 0.05) is 105 Å². The molecule has 9 rings (SSSR count). The van der Waals surface area contributed by atoms with Gasteiger partial charge in [0.15, 0.2) is 11.5 Å². The molecular formula is C58H71ClN14O8. The monoisotopic (exact) mass is 1130 g/mol. The van der Waals surface area contributed by atoms with Crippen molar-refractivity contribution in [2.24, 2.45) is 12.8 Å². The molecule has 6 amide bonds. The molecule has 0 unspecified atom stereocenters. The van der Waals surface area contributed by atoms with Crippen LogP contribution in [0.4, 0.5) is 17.3 Å². The highest BCUT2D eigenvalue weighted by atomic mass is 35.5. The van der Waals surface area contributed by atoms with Crippen LogP contribution in [0.3, 0.4) is 0 Å². The second-order valence-corrected chi connectivity index (χ2v) is 21.5. The maximum absolute atomic E-state index is 13.5. The zero-order valence-corrected chi connectivity index (χ0v) is 46.8. The number of nitrogens with two attached hydrogens (primary N) is 1. The van der Waals surface area contributed by atoms with Gasteiger partial charge in [-0.05, 0) is 105 Å². The number of unbranched alkanes of at least 4 members (excludes halogenated alkanes) is 2. The minimum atomic E-state index is -0.642. The number of primary amides is 1. The molecule has 81 heavy (non-hydrogen) atoms. The van der Waals surface area contributed by atoms with E-state index in [2.05, 4.69) is 53.1 Å². The third kappa shape index (κ3) is 14.4. The van der Waals surface area contributed by atoms with E-state index in [1.54, 1.807) is 26.7 Å². The van der Waals surface area contributed by atoms with Crippen molar-refractivity contribution in [2.75, 3.05) is 76.2 Å². The lowest BCUT2D eigenvalue weighted by atomic mass is 9.89. The minimum Gasteiger partial charge on any atom is -0.468 e. The van der Waals surface area contributed by atoms with E-state index in [0.29, 0.717) is 74.3 Å². The first-order valence-corrected chi connectivity index (χ1v) is 28.4. The molecule has 0 bridgehead atoms. The smallest absolute Gasteiger partial charge is 0.325 e. The van der Waals surface area contributed by atoms with Crippen molar-refractivity contribution in [1.82, 2.24) is 55.3 Å². The summed E-state index contributed by atoms with van der Waals surface area (Å²) in [6.45, 7) is 3.72. The minimum absolute atomic E-state index is 0.0732. The number of aromatic nitrogens is 6. The maximum atomic E-state index is 13.5. The van der Waals surface area contributed by atoms with E-state index in [0.717, 1.165) is 103 Å². The third-order valence-corrected chi connectivity index (χ3v) is 16.0. The number of hydrogen-bond donors (Lipinski definition) is 5. The lowest BCUT2D eigenvalue weighted by Crippen LogP contribution is -2.40. The Morgan fingerprint density at radius 3 is 2.14 bits per heavy atom. The van der Waals surface area contributed by atoms with Gasteiger partial charge in [-0.15, -0.1) is 0 Å². The van der Waals surface area contributed by atoms with Gasteiger partial charge in [0.1, 0.15) is 18.9 Å². The Hall–Kier alpha value is -8.14. The summed E-state index contributed by atoms with van der Waals surface area (Å²) < 4.78 is 7.95. The summed E-state index contributed by atoms with van der Waals surface area (Å²) in [5, 5.41) is 22.9. The Balaban J connectivity index is 0.695. The Morgan fingerprint density at radius 2 is 1.42 bits per heavy atom. The van der Waals surface area contributed by atoms with Gasteiger partial charge in [-0.25, -0.2) is 9.97 Å². The van der Waals surface area contributed by atoms with Crippen LogP contribution >= 0.6 is 11.6 Å². The van der Waals surface area contributed by atoms with Crippen molar-refractivity contribution in [3.63, 3.8) is 0 Å². The fourth-order valence-corrected chi connectivity index (χ4v) is 11.4. The number of nitrogens with one attached hydrogen (secondary N) is 4. The van der Waals surface area contributed by atoms with Gasteiger partial charge in [-0.2, -0.15) is 10.2 Å². The number of hydrogen-bond acceptors (Lipinski definition) is 14. The van der Waals surface area contributed by atoms with E-state index in [9.17, 15) is 33.6 Å². The Labute approximate surface area is 474 Å². The van der Waals surface area contributed by atoms with E-state index in [1.165, 1.54) is 19.1 Å². The van der Waals surface area contributed by atoms with Crippen LogP contribution in [0.15, 0.2) is 67.0 Å². The SMILES string of the molecule is COC(=O)CNC(=O)CNC(=O)Cn1nc(C2CCN(C(=O)CCC(=O)NCCCCCC(=O)N3CCC(c4ccc(Nc5nc(N6CCCCC6)cnc5C(N)=O)cc4)CC3)CC2)c2c(-c3cc4c(cnn4C)cc3Cl)cccc21. The molecule has 6 N–H and O–H groups in total. The second kappa shape index (κ2) is 26.9. The molecule has 6 aromatic rings. The average Bonchev–Trinajstić information content (AvgIpc) is 4.16. The number of piperidine rings is 3. The zero-order valence-electron chi connectivity index (χ0n) is 46.0. The number of fused-ring (bicyclic) bond motifs is 2. The number of ether oxygens (including phenoxy) is 1. The maximum Gasteiger partial charge on any atom is 0.325 e. The second-order valence-electron chi connectivity index (χ2n) is 21.1. The van der Waals surface area contributed by atoms with Gasteiger partial charge in [-0.1, -0.05) is 42.3 Å². The highest BCUT2D eigenvalue weighted by Crippen LogP contribution is 2.42. The molecule has 0 aliphatic carbocycles.